The molecule has 0 unspecified atom stereocenters. The predicted octanol–water partition coefficient (Wildman–Crippen LogP) is 0.200. The molecule has 1 amide bonds. The van der Waals surface area contributed by atoms with E-state index in [1.54, 1.807) is 0 Å². The summed E-state index contributed by atoms with van der Waals surface area (Å²) >= 11 is 0. The van der Waals surface area contributed by atoms with Gasteiger partial charge in [-0.2, -0.15) is 0 Å². The number of rotatable bonds is 1. The first-order chi connectivity index (χ1) is 3.93. The van der Waals surface area contributed by atoms with Crippen molar-refractivity contribution in [1.82, 2.24) is 4.90 Å². The summed E-state index contributed by atoms with van der Waals surface area (Å²) in [5.74, 6) is 2.83. The molecular formula is C6H7NO. The molecule has 8 heavy (non-hydrogen) atoms. The Balaban J connectivity index is 2.51. The Labute approximate surface area is 48.5 Å². The summed E-state index contributed by atoms with van der Waals surface area (Å²) in [5.41, 5.74) is 0. The molecule has 0 radical (unpaired) electrons. The van der Waals surface area contributed by atoms with Crippen LogP contribution in [0.1, 0.15) is 12.8 Å². The van der Waals surface area contributed by atoms with Crippen LogP contribution in [0.2, 0.25) is 0 Å². The fourth-order valence-electron chi connectivity index (χ4n) is 0.630. The zero-order valence-corrected chi connectivity index (χ0v) is 4.55. The topological polar surface area (TPSA) is 20.3 Å². The first kappa shape index (κ1) is 5.17. The van der Waals surface area contributed by atoms with Crippen molar-refractivity contribution in [3.63, 3.8) is 0 Å². The van der Waals surface area contributed by atoms with Gasteiger partial charge in [0.2, 0.25) is 6.41 Å². The van der Waals surface area contributed by atoms with Gasteiger partial charge in [-0.3, -0.25) is 9.69 Å². The quantitative estimate of drug-likeness (QED) is 0.348. The second-order valence-electron chi connectivity index (χ2n) is 1.69. The zero-order valence-electron chi connectivity index (χ0n) is 4.55. The van der Waals surface area contributed by atoms with Gasteiger partial charge in [0.15, 0.2) is 0 Å². The molecule has 1 aliphatic heterocycles. The maximum absolute atomic E-state index is 9.98. The SMILES string of the molecule is O=CN1C#CCCC1. The highest BCUT2D eigenvalue weighted by atomic mass is 16.1. The van der Waals surface area contributed by atoms with Gasteiger partial charge in [-0.1, -0.05) is 5.92 Å². The lowest BCUT2D eigenvalue weighted by atomic mass is 10.3. The molecule has 2 heteroatoms. The smallest absolute Gasteiger partial charge is 0.221 e. The van der Waals surface area contributed by atoms with E-state index in [9.17, 15) is 4.79 Å². The van der Waals surface area contributed by atoms with Gasteiger partial charge in [-0.25, -0.2) is 0 Å². The zero-order chi connectivity index (χ0) is 5.82. The number of hydrogen-bond acceptors (Lipinski definition) is 1. The van der Waals surface area contributed by atoms with Crippen molar-refractivity contribution < 1.29 is 4.79 Å². The predicted molar refractivity (Wildman–Crippen MR) is 29.8 cm³/mol. The van der Waals surface area contributed by atoms with Gasteiger partial charge in [0.1, 0.15) is 0 Å². The number of carbonyl (C=O) groups excluding carboxylic acids is 1. The lowest BCUT2D eigenvalue weighted by Gasteiger charge is -2.09. The average Bonchev–Trinajstić information content (AvgIpc) is 1.90. The van der Waals surface area contributed by atoms with Crippen LogP contribution in [-0.2, 0) is 4.79 Å². The molecule has 0 atom stereocenters. The van der Waals surface area contributed by atoms with Crippen molar-refractivity contribution in [3.05, 3.63) is 0 Å². The largest absolute Gasteiger partial charge is 0.278 e. The standard InChI is InChI=1S/C6H7NO/c8-6-7-4-2-1-3-5-7/h6H,1-2,4H2. The highest BCUT2D eigenvalue weighted by Crippen LogP contribution is 1.95. The Bertz CT molecular complexity index is 142. The first-order valence-electron chi connectivity index (χ1n) is 2.64. The van der Waals surface area contributed by atoms with E-state index in [1.807, 2.05) is 0 Å². The minimum atomic E-state index is 0.770. The third kappa shape index (κ3) is 1.00. The van der Waals surface area contributed by atoms with Gasteiger partial charge in [0.05, 0.1) is 0 Å². The second kappa shape index (κ2) is 2.37. The summed E-state index contributed by atoms with van der Waals surface area (Å²) in [4.78, 5) is 11.5. The van der Waals surface area contributed by atoms with E-state index in [2.05, 4.69) is 12.0 Å². The first-order valence-corrected chi connectivity index (χ1v) is 2.64. The van der Waals surface area contributed by atoms with Crippen LogP contribution in [0.3, 0.4) is 0 Å². The van der Waals surface area contributed by atoms with Crippen LogP contribution >= 0.6 is 0 Å². The molecule has 42 valence electrons. The van der Waals surface area contributed by atoms with Crippen molar-refractivity contribution >= 4 is 6.41 Å². The lowest BCUT2D eigenvalue weighted by molar-refractivity contribution is -0.115. The third-order valence-electron chi connectivity index (χ3n) is 1.05. The van der Waals surface area contributed by atoms with E-state index in [4.69, 9.17) is 0 Å². The summed E-state index contributed by atoms with van der Waals surface area (Å²) < 4.78 is 0. The Morgan fingerprint density at radius 3 is 2.88 bits per heavy atom. The van der Waals surface area contributed by atoms with Gasteiger partial charge in [0.25, 0.3) is 0 Å². The molecule has 1 rings (SSSR count). The summed E-state index contributed by atoms with van der Waals surface area (Å²) in [6.07, 6.45) is 2.72. The molecule has 0 spiro atoms. The molecule has 1 heterocycles. The molecular weight excluding hydrogens is 102 g/mol. The molecule has 0 aromatic rings. The van der Waals surface area contributed by atoms with Crippen LogP contribution in [0.5, 0.6) is 0 Å². The monoisotopic (exact) mass is 109 g/mol. The normalized spacial score (nSPS) is 16.8. The van der Waals surface area contributed by atoms with E-state index in [0.29, 0.717) is 0 Å². The molecule has 0 bridgehead atoms. The van der Waals surface area contributed by atoms with Gasteiger partial charge in [-0.05, 0) is 6.42 Å². The Morgan fingerprint density at radius 1 is 1.62 bits per heavy atom. The summed E-state index contributed by atoms with van der Waals surface area (Å²) in [6.45, 7) is 0.802. The summed E-state index contributed by atoms with van der Waals surface area (Å²) in [5, 5.41) is 0. The average molecular weight is 109 g/mol. The molecule has 0 N–H and O–H groups in total. The van der Waals surface area contributed by atoms with E-state index < -0.39 is 0 Å². The molecule has 0 fully saturated rings. The number of carbonyl (C=O) groups is 1. The van der Waals surface area contributed by atoms with Crippen LogP contribution in [-0.4, -0.2) is 17.9 Å². The Hall–Kier alpha value is -0.970. The molecule has 1 aliphatic rings. The molecule has 0 aromatic heterocycles. The van der Waals surface area contributed by atoms with Crippen LogP contribution < -0.4 is 0 Å². The van der Waals surface area contributed by atoms with Gasteiger partial charge in [-0.15, -0.1) is 0 Å². The maximum Gasteiger partial charge on any atom is 0.221 e. The van der Waals surface area contributed by atoms with Crippen LogP contribution in [0.25, 0.3) is 0 Å². The highest BCUT2D eigenvalue weighted by molar-refractivity contribution is 5.51. The second-order valence-corrected chi connectivity index (χ2v) is 1.69. The van der Waals surface area contributed by atoms with Crippen LogP contribution in [0.15, 0.2) is 0 Å². The Kier molecular flexibility index (Phi) is 1.53. The molecule has 0 saturated heterocycles. The maximum atomic E-state index is 9.98. The van der Waals surface area contributed by atoms with Crippen molar-refractivity contribution in [2.45, 2.75) is 12.8 Å². The highest BCUT2D eigenvalue weighted by Gasteiger charge is 1.98. The van der Waals surface area contributed by atoms with E-state index >= 15 is 0 Å². The lowest BCUT2D eigenvalue weighted by Crippen LogP contribution is -2.18. The molecule has 2 nitrogen and oxygen atoms in total. The summed E-state index contributed by atoms with van der Waals surface area (Å²) in [6, 6.07) is 2.68. The van der Waals surface area contributed by atoms with Gasteiger partial charge in [0, 0.05) is 19.0 Å². The summed E-state index contributed by atoms with van der Waals surface area (Å²) in [7, 11) is 0. The Morgan fingerprint density at radius 2 is 2.50 bits per heavy atom. The molecule has 0 aliphatic carbocycles. The fraction of sp³-hybridized carbons (Fsp3) is 0.500. The van der Waals surface area contributed by atoms with Gasteiger partial charge >= 0.3 is 0 Å². The number of nitrogens with zero attached hydrogens (tertiary/aromatic N) is 1. The van der Waals surface area contributed by atoms with Crippen molar-refractivity contribution in [2.24, 2.45) is 0 Å². The van der Waals surface area contributed by atoms with Crippen molar-refractivity contribution in [2.75, 3.05) is 6.54 Å². The number of amides is 1. The van der Waals surface area contributed by atoms with Crippen molar-refractivity contribution in [1.29, 1.82) is 0 Å². The van der Waals surface area contributed by atoms with Crippen LogP contribution in [0.4, 0.5) is 0 Å². The third-order valence-corrected chi connectivity index (χ3v) is 1.05. The molecule has 0 saturated carbocycles. The van der Waals surface area contributed by atoms with Crippen molar-refractivity contribution in [3.8, 4) is 12.0 Å². The fourth-order valence-corrected chi connectivity index (χ4v) is 0.630. The minimum absolute atomic E-state index is 0.770. The van der Waals surface area contributed by atoms with Gasteiger partial charge < -0.3 is 0 Å². The van der Waals surface area contributed by atoms with E-state index in [1.165, 1.54) is 4.90 Å². The number of hydrogen-bond donors (Lipinski definition) is 0. The van der Waals surface area contributed by atoms with E-state index in [0.717, 1.165) is 25.8 Å². The van der Waals surface area contributed by atoms with Crippen LogP contribution in [0, 0.1) is 12.0 Å². The molecule has 0 aromatic carbocycles. The minimum Gasteiger partial charge on any atom is -0.278 e. The van der Waals surface area contributed by atoms with E-state index in [-0.39, 0.29) is 0 Å².